The van der Waals surface area contributed by atoms with Gasteiger partial charge in [0.2, 0.25) is 10.0 Å². The lowest BCUT2D eigenvalue weighted by Crippen LogP contribution is -2.23. The molecular weight excluding hydrogens is 377 g/mol. The van der Waals surface area contributed by atoms with E-state index in [0.717, 1.165) is 10.9 Å². The summed E-state index contributed by atoms with van der Waals surface area (Å²) in [6.45, 7) is 1.87. The third-order valence-electron chi connectivity index (χ3n) is 4.59. The molecule has 0 unspecified atom stereocenters. The van der Waals surface area contributed by atoms with Crippen molar-refractivity contribution >= 4 is 21.0 Å². The number of para-hydroxylation sites is 1. The highest BCUT2D eigenvalue weighted by Crippen LogP contribution is 2.35. The topological polar surface area (TPSA) is 59.3 Å². The van der Waals surface area contributed by atoms with Crippen molar-refractivity contribution in [2.45, 2.75) is 18.4 Å². The van der Waals surface area contributed by atoms with Crippen LogP contribution in [-0.4, -0.2) is 8.42 Å². The first-order valence-corrected chi connectivity index (χ1v) is 10.3. The van der Waals surface area contributed by atoms with Crippen LogP contribution in [0, 0.1) is 12.7 Å². The molecule has 0 bridgehead atoms. The number of sulfonamides is 1. The number of nitrogens with one attached hydrogen (secondary N) is 1. The van der Waals surface area contributed by atoms with E-state index in [-0.39, 0.29) is 11.4 Å². The smallest absolute Gasteiger partial charge is 0.240 e. The molecule has 0 saturated heterocycles. The molecule has 0 atom stereocenters. The normalized spacial score (nSPS) is 11.8. The van der Waals surface area contributed by atoms with Crippen molar-refractivity contribution in [3.63, 3.8) is 0 Å². The highest BCUT2D eigenvalue weighted by Gasteiger charge is 2.21. The van der Waals surface area contributed by atoms with Crippen LogP contribution < -0.4 is 4.72 Å². The first-order chi connectivity index (χ1) is 13.5. The van der Waals surface area contributed by atoms with Gasteiger partial charge >= 0.3 is 0 Å². The van der Waals surface area contributed by atoms with Crippen LogP contribution in [0.2, 0.25) is 0 Å². The molecule has 0 aliphatic heterocycles. The Balaban J connectivity index is 1.75. The van der Waals surface area contributed by atoms with Gasteiger partial charge in [0.15, 0.2) is 0 Å². The molecule has 6 heteroatoms. The second kappa shape index (κ2) is 7.22. The summed E-state index contributed by atoms with van der Waals surface area (Å²) in [6, 6.07) is 20.1. The number of hydrogen-bond acceptors (Lipinski definition) is 3. The minimum absolute atomic E-state index is 0.0170. The standard InChI is InChI=1S/C22H18FNO3S/c1-15-10-12-16(13-11-15)28(25,26)24-14-19-17-6-3-5-9-21(17)27-22(19)18-7-2-4-8-20(18)23/h2-13,24H,14H2,1H3. The van der Waals surface area contributed by atoms with Crippen LogP contribution in [0.5, 0.6) is 0 Å². The Morgan fingerprint density at radius 2 is 1.61 bits per heavy atom. The SMILES string of the molecule is Cc1ccc(S(=O)(=O)NCc2c(-c3ccccc3F)oc3ccccc23)cc1. The maximum atomic E-state index is 14.4. The number of halogens is 1. The molecule has 0 fully saturated rings. The van der Waals surface area contributed by atoms with Gasteiger partial charge in [-0.3, -0.25) is 0 Å². The average molecular weight is 395 g/mol. The maximum Gasteiger partial charge on any atom is 0.240 e. The molecule has 1 heterocycles. The lowest BCUT2D eigenvalue weighted by Gasteiger charge is -2.08. The minimum atomic E-state index is -3.72. The highest BCUT2D eigenvalue weighted by atomic mass is 32.2. The summed E-state index contributed by atoms with van der Waals surface area (Å²) in [7, 11) is -3.72. The van der Waals surface area contributed by atoms with Gasteiger partial charge in [-0.25, -0.2) is 17.5 Å². The summed E-state index contributed by atoms with van der Waals surface area (Å²) in [5.41, 5.74) is 2.44. The van der Waals surface area contributed by atoms with Crippen LogP contribution in [0.1, 0.15) is 11.1 Å². The summed E-state index contributed by atoms with van der Waals surface area (Å²) in [5.74, 6) is -0.102. The largest absolute Gasteiger partial charge is 0.456 e. The monoisotopic (exact) mass is 395 g/mol. The van der Waals surface area contributed by atoms with Gasteiger partial charge in [0.25, 0.3) is 0 Å². The zero-order valence-corrected chi connectivity index (χ0v) is 16.0. The summed E-state index contributed by atoms with van der Waals surface area (Å²) in [4.78, 5) is 0.179. The Bertz CT molecular complexity index is 1240. The molecule has 4 nitrogen and oxygen atoms in total. The van der Waals surface area contributed by atoms with Crippen molar-refractivity contribution in [3.05, 3.63) is 89.7 Å². The molecule has 1 N–H and O–H groups in total. The van der Waals surface area contributed by atoms with Gasteiger partial charge in [-0.1, -0.05) is 48.0 Å². The van der Waals surface area contributed by atoms with E-state index < -0.39 is 15.8 Å². The third kappa shape index (κ3) is 3.44. The average Bonchev–Trinajstić information content (AvgIpc) is 3.05. The summed E-state index contributed by atoms with van der Waals surface area (Å²) in [6.07, 6.45) is 0. The van der Waals surface area contributed by atoms with E-state index in [9.17, 15) is 12.8 Å². The lowest BCUT2D eigenvalue weighted by molar-refractivity contribution is 0.579. The Morgan fingerprint density at radius 1 is 0.929 bits per heavy atom. The van der Waals surface area contributed by atoms with Crippen LogP contribution in [0.4, 0.5) is 4.39 Å². The molecule has 0 aliphatic carbocycles. The van der Waals surface area contributed by atoms with E-state index in [4.69, 9.17) is 4.42 Å². The van der Waals surface area contributed by atoms with Crippen molar-refractivity contribution in [2.24, 2.45) is 0 Å². The van der Waals surface area contributed by atoms with E-state index in [1.54, 1.807) is 48.5 Å². The number of aryl methyl sites for hydroxylation is 1. The van der Waals surface area contributed by atoms with Crippen LogP contribution in [0.3, 0.4) is 0 Å². The molecule has 142 valence electrons. The summed E-state index contributed by atoms with van der Waals surface area (Å²) >= 11 is 0. The zero-order chi connectivity index (χ0) is 19.7. The first kappa shape index (κ1) is 18.4. The van der Waals surface area contributed by atoms with Gasteiger partial charge in [-0.15, -0.1) is 0 Å². The number of benzene rings is 3. The van der Waals surface area contributed by atoms with E-state index >= 15 is 0 Å². The molecule has 0 radical (unpaired) electrons. The van der Waals surface area contributed by atoms with Gasteiger partial charge in [-0.05, 0) is 37.3 Å². The van der Waals surface area contributed by atoms with Crippen molar-refractivity contribution in [3.8, 4) is 11.3 Å². The van der Waals surface area contributed by atoms with Gasteiger partial charge in [0.05, 0.1) is 10.5 Å². The van der Waals surface area contributed by atoms with Crippen molar-refractivity contribution < 1.29 is 17.2 Å². The number of fused-ring (bicyclic) bond motifs is 1. The Kier molecular flexibility index (Phi) is 4.75. The quantitative estimate of drug-likeness (QED) is 0.516. The summed E-state index contributed by atoms with van der Waals surface area (Å²) in [5, 5.41) is 0.743. The van der Waals surface area contributed by atoms with E-state index in [2.05, 4.69) is 4.72 Å². The first-order valence-electron chi connectivity index (χ1n) is 8.77. The maximum absolute atomic E-state index is 14.4. The van der Waals surface area contributed by atoms with Crippen LogP contribution in [0.15, 0.2) is 82.1 Å². The zero-order valence-electron chi connectivity index (χ0n) is 15.1. The predicted molar refractivity (Wildman–Crippen MR) is 107 cm³/mol. The van der Waals surface area contributed by atoms with E-state index in [1.165, 1.54) is 6.07 Å². The molecule has 1 aromatic heterocycles. The minimum Gasteiger partial charge on any atom is -0.456 e. The van der Waals surface area contributed by atoms with Crippen LogP contribution >= 0.6 is 0 Å². The van der Waals surface area contributed by atoms with Gasteiger partial charge < -0.3 is 4.42 Å². The molecule has 0 amide bonds. The highest BCUT2D eigenvalue weighted by molar-refractivity contribution is 7.89. The van der Waals surface area contributed by atoms with Gasteiger partial charge in [-0.2, -0.15) is 0 Å². The molecular formula is C22H18FNO3S. The number of rotatable bonds is 5. The van der Waals surface area contributed by atoms with Gasteiger partial charge in [0, 0.05) is 17.5 Å². The van der Waals surface area contributed by atoms with Gasteiger partial charge in [0.1, 0.15) is 17.2 Å². The molecule has 0 saturated carbocycles. The van der Waals surface area contributed by atoms with Crippen molar-refractivity contribution in [1.82, 2.24) is 4.72 Å². The Labute approximate surface area is 162 Å². The fourth-order valence-electron chi connectivity index (χ4n) is 3.11. The van der Waals surface area contributed by atoms with Crippen LogP contribution in [0.25, 0.3) is 22.3 Å². The third-order valence-corrected chi connectivity index (χ3v) is 6.00. The molecule has 4 rings (SSSR count). The second-order valence-electron chi connectivity index (χ2n) is 6.52. The number of furan rings is 1. The number of hydrogen-bond donors (Lipinski definition) is 1. The van der Waals surface area contributed by atoms with Crippen LogP contribution in [-0.2, 0) is 16.6 Å². The van der Waals surface area contributed by atoms with E-state index in [1.807, 2.05) is 25.1 Å². The second-order valence-corrected chi connectivity index (χ2v) is 8.29. The molecule has 3 aromatic carbocycles. The molecule has 4 aromatic rings. The van der Waals surface area contributed by atoms with Crippen molar-refractivity contribution in [1.29, 1.82) is 0 Å². The van der Waals surface area contributed by atoms with E-state index in [0.29, 0.717) is 22.5 Å². The Hall–Kier alpha value is -2.96. The predicted octanol–water partition coefficient (Wildman–Crippen LogP) is 5.03. The molecule has 0 aliphatic rings. The Morgan fingerprint density at radius 3 is 2.36 bits per heavy atom. The lowest BCUT2D eigenvalue weighted by atomic mass is 10.1. The fourth-order valence-corrected chi connectivity index (χ4v) is 4.10. The summed E-state index contributed by atoms with van der Waals surface area (Å²) < 4.78 is 48.2. The fraction of sp³-hybridized carbons (Fsp3) is 0.0909. The molecule has 0 spiro atoms. The van der Waals surface area contributed by atoms with Crippen molar-refractivity contribution in [2.75, 3.05) is 0 Å². The molecule has 28 heavy (non-hydrogen) atoms.